The molecule has 0 spiro atoms. The Morgan fingerprint density at radius 2 is 1.85 bits per heavy atom. The maximum absolute atomic E-state index is 12.5. The minimum Gasteiger partial charge on any atom is -0.195 e. The maximum Gasteiger partial charge on any atom is 0.280 e. The Morgan fingerprint density at radius 1 is 1.15 bits per heavy atom. The van der Waals surface area contributed by atoms with Gasteiger partial charge < -0.3 is 0 Å². The van der Waals surface area contributed by atoms with E-state index in [1.54, 1.807) is 4.31 Å². The van der Waals surface area contributed by atoms with E-state index >= 15 is 0 Å². The van der Waals surface area contributed by atoms with Crippen LogP contribution in [0.1, 0.15) is 36.4 Å². The normalized spacial score (nSPS) is 27.4. The van der Waals surface area contributed by atoms with Crippen LogP contribution >= 0.6 is 15.9 Å². The fourth-order valence-electron chi connectivity index (χ4n) is 3.02. The van der Waals surface area contributed by atoms with Gasteiger partial charge in [-0.1, -0.05) is 46.6 Å². The summed E-state index contributed by atoms with van der Waals surface area (Å²) in [5, 5.41) is 0. The highest BCUT2D eigenvalue weighted by molar-refractivity contribution is 9.09. The van der Waals surface area contributed by atoms with Crippen LogP contribution in [0.2, 0.25) is 0 Å². The molecule has 2 atom stereocenters. The molecule has 1 heterocycles. The van der Waals surface area contributed by atoms with Crippen LogP contribution in [0.3, 0.4) is 0 Å². The molecule has 1 aliphatic heterocycles. The number of nitrogens with zero attached hydrogens (tertiary/aromatic N) is 1. The van der Waals surface area contributed by atoms with Gasteiger partial charge in [0.1, 0.15) is 0 Å². The van der Waals surface area contributed by atoms with Gasteiger partial charge in [-0.3, -0.25) is 0 Å². The predicted octanol–water partition coefficient (Wildman–Crippen LogP) is 2.37. The molecule has 4 nitrogen and oxygen atoms in total. The van der Waals surface area contributed by atoms with Crippen LogP contribution in [0, 0.1) is 0 Å². The topological polar surface area (TPSA) is 49.4 Å². The molecule has 1 N–H and O–H groups in total. The summed E-state index contributed by atoms with van der Waals surface area (Å²) in [5.74, 6) is 0. The summed E-state index contributed by atoms with van der Waals surface area (Å²) in [6, 6.07) is 7.88. The molecule has 2 unspecified atom stereocenters. The van der Waals surface area contributed by atoms with Crippen molar-refractivity contribution in [1.29, 1.82) is 0 Å². The van der Waals surface area contributed by atoms with Crippen molar-refractivity contribution >= 4 is 26.1 Å². The molecular formula is C14H19BrN2O2S. The minimum atomic E-state index is -3.39. The zero-order valence-electron chi connectivity index (χ0n) is 11.3. The van der Waals surface area contributed by atoms with E-state index in [2.05, 4.69) is 26.7 Å². The van der Waals surface area contributed by atoms with Crippen molar-refractivity contribution in [2.45, 2.75) is 36.6 Å². The molecule has 20 heavy (non-hydrogen) atoms. The fourth-order valence-corrected chi connectivity index (χ4v) is 5.46. The van der Waals surface area contributed by atoms with Crippen LogP contribution in [-0.2, 0) is 16.6 Å². The molecule has 1 aromatic rings. The molecule has 0 radical (unpaired) electrons. The van der Waals surface area contributed by atoms with Crippen LogP contribution < -0.4 is 4.72 Å². The number of halogens is 1. The third-order valence-electron chi connectivity index (χ3n) is 4.10. The Balaban J connectivity index is 1.80. The highest BCUT2D eigenvalue weighted by Gasteiger charge is 2.35. The smallest absolute Gasteiger partial charge is 0.195 e. The zero-order chi connectivity index (χ0) is 14.2. The van der Waals surface area contributed by atoms with Gasteiger partial charge in [-0.15, -0.1) is 0 Å². The molecule has 1 fully saturated rings. The number of hydrogen-bond donors (Lipinski definition) is 1. The van der Waals surface area contributed by atoms with Crippen molar-refractivity contribution in [3.8, 4) is 0 Å². The van der Waals surface area contributed by atoms with Crippen LogP contribution in [0.5, 0.6) is 0 Å². The molecule has 1 aromatic carbocycles. The van der Waals surface area contributed by atoms with E-state index in [9.17, 15) is 8.42 Å². The van der Waals surface area contributed by atoms with Gasteiger partial charge in [-0.2, -0.15) is 17.4 Å². The maximum atomic E-state index is 12.5. The van der Waals surface area contributed by atoms with Gasteiger partial charge in [0, 0.05) is 17.9 Å². The minimum absolute atomic E-state index is 0.125. The van der Waals surface area contributed by atoms with Gasteiger partial charge in [0.15, 0.2) is 0 Å². The van der Waals surface area contributed by atoms with Gasteiger partial charge >= 0.3 is 0 Å². The van der Waals surface area contributed by atoms with E-state index in [1.165, 1.54) is 5.56 Å². The largest absolute Gasteiger partial charge is 0.280 e. The van der Waals surface area contributed by atoms with Crippen molar-refractivity contribution in [3.63, 3.8) is 0 Å². The third-order valence-corrected chi connectivity index (χ3v) is 6.55. The van der Waals surface area contributed by atoms with Crippen molar-refractivity contribution in [3.05, 3.63) is 35.4 Å². The first-order chi connectivity index (χ1) is 9.58. The molecule has 6 heteroatoms. The number of rotatable bonds is 3. The van der Waals surface area contributed by atoms with Crippen molar-refractivity contribution in [2.75, 3.05) is 13.1 Å². The molecule has 0 amide bonds. The summed E-state index contributed by atoms with van der Waals surface area (Å²) in [6.45, 7) is 1.27. The van der Waals surface area contributed by atoms with E-state index in [4.69, 9.17) is 0 Å². The average molecular weight is 359 g/mol. The van der Waals surface area contributed by atoms with E-state index in [0.717, 1.165) is 31.2 Å². The number of benzene rings is 1. The van der Waals surface area contributed by atoms with Crippen molar-refractivity contribution in [1.82, 2.24) is 9.03 Å². The highest BCUT2D eigenvalue weighted by atomic mass is 79.9. The molecule has 110 valence electrons. The number of hydrogen-bond acceptors (Lipinski definition) is 2. The average Bonchev–Trinajstić information content (AvgIpc) is 2.76. The molecule has 1 saturated heterocycles. The SMILES string of the molecule is O=S(=O)(NC1c2ccccc2CC1Br)N1CCCCC1. The fraction of sp³-hybridized carbons (Fsp3) is 0.571. The summed E-state index contributed by atoms with van der Waals surface area (Å²) in [7, 11) is -3.39. The lowest BCUT2D eigenvalue weighted by atomic mass is 10.1. The summed E-state index contributed by atoms with van der Waals surface area (Å²) in [4.78, 5) is 0.125. The van der Waals surface area contributed by atoms with Crippen LogP contribution in [0.15, 0.2) is 24.3 Å². The van der Waals surface area contributed by atoms with Crippen molar-refractivity contribution < 1.29 is 8.42 Å². The lowest BCUT2D eigenvalue weighted by molar-refractivity contribution is 0.339. The Bertz CT molecular complexity index is 585. The Labute approximate surface area is 128 Å². The first-order valence-electron chi connectivity index (χ1n) is 7.07. The van der Waals surface area contributed by atoms with Crippen LogP contribution in [0.25, 0.3) is 0 Å². The molecule has 2 aliphatic rings. The van der Waals surface area contributed by atoms with Crippen molar-refractivity contribution in [2.24, 2.45) is 0 Å². The highest BCUT2D eigenvalue weighted by Crippen LogP contribution is 2.36. The number of alkyl halides is 1. The van der Waals surface area contributed by atoms with Gasteiger partial charge in [0.05, 0.1) is 6.04 Å². The first-order valence-corrected chi connectivity index (χ1v) is 9.43. The van der Waals surface area contributed by atoms with Gasteiger partial charge in [-0.25, -0.2) is 0 Å². The molecule has 3 rings (SSSR count). The lowest BCUT2D eigenvalue weighted by Gasteiger charge is -2.28. The van der Waals surface area contributed by atoms with E-state index in [0.29, 0.717) is 13.1 Å². The van der Waals surface area contributed by atoms with Gasteiger partial charge in [0.25, 0.3) is 10.2 Å². The first kappa shape index (κ1) is 14.5. The van der Waals surface area contributed by atoms with E-state index in [1.807, 2.05) is 18.2 Å². The van der Waals surface area contributed by atoms with Crippen LogP contribution in [-0.4, -0.2) is 30.6 Å². The second-order valence-electron chi connectivity index (χ2n) is 5.48. The standard InChI is InChI=1S/C14H19BrN2O2S/c15-13-10-11-6-2-3-7-12(11)14(13)16-20(18,19)17-8-4-1-5-9-17/h2-3,6-7,13-14,16H,1,4-5,8-10H2. The Hall–Kier alpha value is -0.430. The monoisotopic (exact) mass is 358 g/mol. The second-order valence-corrected chi connectivity index (χ2v) is 8.36. The molecule has 0 bridgehead atoms. The molecule has 0 aromatic heterocycles. The number of piperidine rings is 1. The van der Waals surface area contributed by atoms with Gasteiger partial charge in [0.2, 0.25) is 0 Å². The lowest BCUT2D eigenvalue weighted by Crippen LogP contribution is -2.45. The van der Waals surface area contributed by atoms with E-state index in [-0.39, 0.29) is 10.9 Å². The third kappa shape index (κ3) is 2.79. The quantitative estimate of drug-likeness (QED) is 0.843. The summed E-state index contributed by atoms with van der Waals surface area (Å²) >= 11 is 3.62. The van der Waals surface area contributed by atoms with Gasteiger partial charge in [-0.05, 0) is 30.4 Å². The summed E-state index contributed by atoms with van der Waals surface area (Å²) < 4.78 is 29.4. The van der Waals surface area contributed by atoms with E-state index < -0.39 is 10.2 Å². The Morgan fingerprint density at radius 3 is 2.60 bits per heavy atom. The van der Waals surface area contributed by atoms with Crippen LogP contribution in [0.4, 0.5) is 0 Å². The number of fused-ring (bicyclic) bond motifs is 1. The summed E-state index contributed by atoms with van der Waals surface area (Å²) in [6.07, 6.45) is 3.91. The molecule has 0 saturated carbocycles. The zero-order valence-corrected chi connectivity index (χ0v) is 13.7. The Kier molecular flexibility index (Phi) is 4.17. The molecule has 1 aliphatic carbocycles. The summed E-state index contributed by atoms with van der Waals surface area (Å²) in [5.41, 5.74) is 2.32. The second kappa shape index (κ2) is 5.75. The predicted molar refractivity (Wildman–Crippen MR) is 83.1 cm³/mol. The number of nitrogens with one attached hydrogen (secondary N) is 1. The molecular weight excluding hydrogens is 340 g/mol.